The molecule has 0 N–H and O–H groups in total. The highest BCUT2D eigenvalue weighted by molar-refractivity contribution is 6.62. The van der Waals surface area contributed by atoms with Gasteiger partial charge in [0.15, 0.2) is 0 Å². The van der Waals surface area contributed by atoms with Crippen LogP contribution in [-0.2, 0) is 9.31 Å². The SMILES string of the molecule is C=C1OB(c2cnc(C)c(N(C)C)c2)OC1(C)C. The number of rotatable bonds is 2. The largest absolute Gasteiger partial charge is 0.565 e. The van der Waals surface area contributed by atoms with Crippen molar-refractivity contribution >= 4 is 18.3 Å². The first-order chi connectivity index (χ1) is 8.31. The fourth-order valence-corrected chi connectivity index (χ4v) is 1.88. The molecule has 1 aliphatic heterocycles. The number of hydrogen-bond donors (Lipinski definition) is 0. The van der Waals surface area contributed by atoms with E-state index in [1.165, 1.54) is 0 Å². The summed E-state index contributed by atoms with van der Waals surface area (Å²) in [4.78, 5) is 6.41. The van der Waals surface area contributed by atoms with E-state index in [0.29, 0.717) is 5.76 Å². The molecule has 1 aromatic heterocycles. The molecular formula is C13H19BN2O2. The average molecular weight is 246 g/mol. The first-order valence-electron chi connectivity index (χ1n) is 5.99. The summed E-state index contributed by atoms with van der Waals surface area (Å²) in [5, 5.41) is 0. The molecule has 1 fully saturated rings. The van der Waals surface area contributed by atoms with Crippen LogP contribution in [0.5, 0.6) is 0 Å². The van der Waals surface area contributed by atoms with E-state index in [4.69, 9.17) is 9.31 Å². The molecule has 0 saturated carbocycles. The summed E-state index contributed by atoms with van der Waals surface area (Å²) in [6.45, 7) is 9.76. The van der Waals surface area contributed by atoms with Crippen molar-refractivity contribution in [3.05, 3.63) is 30.3 Å². The molecule has 1 aliphatic rings. The highest BCUT2D eigenvalue weighted by atomic mass is 16.7. The van der Waals surface area contributed by atoms with E-state index >= 15 is 0 Å². The van der Waals surface area contributed by atoms with Gasteiger partial charge < -0.3 is 14.2 Å². The van der Waals surface area contributed by atoms with Crippen molar-refractivity contribution in [2.45, 2.75) is 26.4 Å². The van der Waals surface area contributed by atoms with Gasteiger partial charge in [-0.1, -0.05) is 6.58 Å². The Morgan fingerprint density at radius 2 is 2.06 bits per heavy atom. The molecule has 2 heterocycles. The second-order valence-electron chi connectivity index (χ2n) is 5.27. The van der Waals surface area contributed by atoms with Gasteiger partial charge in [0.2, 0.25) is 0 Å². The van der Waals surface area contributed by atoms with E-state index in [1.54, 1.807) is 6.20 Å². The van der Waals surface area contributed by atoms with E-state index in [1.807, 2.05) is 45.8 Å². The number of hydrogen-bond acceptors (Lipinski definition) is 4. The van der Waals surface area contributed by atoms with E-state index < -0.39 is 12.7 Å². The molecule has 0 spiro atoms. The summed E-state index contributed by atoms with van der Waals surface area (Å²) < 4.78 is 11.5. The average Bonchev–Trinajstić information content (AvgIpc) is 2.53. The Kier molecular flexibility index (Phi) is 3.11. The summed E-state index contributed by atoms with van der Waals surface area (Å²) in [6.07, 6.45) is 1.79. The predicted molar refractivity (Wildman–Crippen MR) is 74.1 cm³/mol. The van der Waals surface area contributed by atoms with Gasteiger partial charge in [0, 0.05) is 25.8 Å². The quantitative estimate of drug-likeness (QED) is 0.740. The van der Waals surface area contributed by atoms with Gasteiger partial charge in [-0.15, -0.1) is 0 Å². The molecule has 0 radical (unpaired) electrons. The van der Waals surface area contributed by atoms with Crippen LogP contribution in [0, 0.1) is 6.92 Å². The summed E-state index contributed by atoms with van der Waals surface area (Å²) in [6, 6.07) is 2.04. The van der Waals surface area contributed by atoms with Crippen LogP contribution in [0.1, 0.15) is 19.5 Å². The number of nitrogens with zero attached hydrogens (tertiary/aromatic N) is 2. The summed E-state index contributed by atoms with van der Waals surface area (Å²) in [5.74, 6) is 0.652. The monoisotopic (exact) mass is 246 g/mol. The van der Waals surface area contributed by atoms with Gasteiger partial charge in [0.05, 0.1) is 17.1 Å². The molecular weight excluding hydrogens is 227 g/mol. The lowest BCUT2D eigenvalue weighted by atomic mass is 9.80. The Balaban J connectivity index is 2.31. The molecule has 0 aromatic carbocycles. The van der Waals surface area contributed by atoms with Crippen molar-refractivity contribution < 1.29 is 9.31 Å². The maximum absolute atomic E-state index is 5.84. The smallest absolute Gasteiger partial charge is 0.534 e. The third-order valence-electron chi connectivity index (χ3n) is 3.16. The van der Waals surface area contributed by atoms with Crippen LogP contribution >= 0.6 is 0 Å². The van der Waals surface area contributed by atoms with E-state index in [2.05, 4.69) is 11.6 Å². The van der Waals surface area contributed by atoms with Gasteiger partial charge in [-0.25, -0.2) is 0 Å². The van der Waals surface area contributed by atoms with Crippen LogP contribution in [0.25, 0.3) is 0 Å². The van der Waals surface area contributed by atoms with Gasteiger partial charge in [0.25, 0.3) is 0 Å². The standard InChI is InChI=1S/C13H19BN2O2/c1-9-12(16(5)6)7-11(8-15-9)14-17-10(2)13(3,4)18-14/h7-8H,2H2,1,3-6H3. The minimum Gasteiger partial charge on any atom is -0.534 e. The third kappa shape index (κ3) is 2.23. The Bertz CT molecular complexity index is 486. The fraction of sp³-hybridized carbons (Fsp3) is 0.462. The zero-order chi connectivity index (χ0) is 13.5. The van der Waals surface area contributed by atoms with Gasteiger partial charge in [-0.05, 0) is 26.8 Å². The van der Waals surface area contributed by atoms with E-state index in [-0.39, 0.29) is 0 Å². The summed E-state index contributed by atoms with van der Waals surface area (Å²) in [7, 11) is 3.57. The molecule has 0 bridgehead atoms. The minimum atomic E-state index is -0.451. The van der Waals surface area contributed by atoms with Crippen LogP contribution in [0.4, 0.5) is 5.69 Å². The molecule has 96 valence electrons. The molecule has 0 aliphatic carbocycles. The molecule has 5 heteroatoms. The lowest BCUT2D eigenvalue weighted by Gasteiger charge is -2.17. The van der Waals surface area contributed by atoms with Gasteiger partial charge >= 0.3 is 7.12 Å². The summed E-state index contributed by atoms with van der Waals surface area (Å²) >= 11 is 0. The van der Waals surface area contributed by atoms with Crippen LogP contribution in [0.3, 0.4) is 0 Å². The lowest BCUT2D eigenvalue weighted by Crippen LogP contribution is -2.35. The highest BCUT2D eigenvalue weighted by Gasteiger charge is 2.43. The van der Waals surface area contributed by atoms with Crippen molar-refractivity contribution in [2.24, 2.45) is 0 Å². The van der Waals surface area contributed by atoms with E-state index in [9.17, 15) is 0 Å². The topological polar surface area (TPSA) is 34.6 Å². The Morgan fingerprint density at radius 3 is 2.56 bits per heavy atom. The normalized spacial score (nSPS) is 17.8. The van der Waals surface area contributed by atoms with Crippen LogP contribution in [-0.4, -0.2) is 31.8 Å². The van der Waals surface area contributed by atoms with Gasteiger partial charge in [-0.2, -0.15) is 0 Å². The van der Waals surface area contributed by atoms with Crippen LogP contribution < -0.4 is 10.4 Å². The molecule has 0 amide bonds. The summed E-state index contributed by atoms with van der Waals surface area (Å²) in [5.41, 5.74) is 2.51. The number of anilines is 1. The lowest BCUT2D eigenvalue weighted by molar-refractivity contribution is 0.173. The number of pyridine rings is 1. The molecule has 18 heavy (non-hydrogen) atoms. The maximum atomic E-state index is 5.84. The molecule has 0 unspecified atom stereocenters. The number of aryl methyl sites for hydroxylation is 1. The van der Waals surface area contributed by atoms with E-state index in [0.717, 1.165) is 16.8 Å². The van der Waals surface area contributed by atoms with Crippen molar-refractivity contribution in [1.29, 1.82) is 0 Å². The van der Waals surface area contributed by atoms with Gasteiger partial charge in [-0.3, -0.25) is 4.98 Å². The van der Waals surface area contributed by atoms with Gasteiger partial charge in [0.1, 0.15) is 5.60 Å². The molecule has 1 saturated heterocycles. The first kappa shape index (κ1) is 13.0. The van der Waals surface area contributed by atoms with Crippen molar-refractivity contribution in [2.75, 3.05) is 19.0 Å². The Labute approximate surface area is 109 Å². The minimum absolute atomic E-state index is 0.417. The molecule has 1 aromatic rings. The second-order valence-corrected chi connectivity index (χ2v) is 5.27. The Hall–Kier alpha value is -1.49. The van der Waals surface area contributed by atoms with Crippen molar-refractivity contribution in [1.82, 2.24) is 4.98 Å². The third-order valence-corrected chi connectivity index (χ3v) is 3.16. The highest BCUT2D eigenvalue weighted by Crippen LogP contribution is 2.29. The predicted octanol–water partition coefficient (Wildman–Crippen LogP) is 1.49. The first-order valence-corrected chi connectivity index (χ1v) is 5.99. The number of aromatic nitrogens is 1. The molecule has 2 rings (SSSR count). The van der Waals surface area contributed by atoms with Crippen LogP contribution in [0.2, 0.25) is 0 Å². The van der Waals surface area contributed by atoms with Crippen molar-refractivity contribution in [3.63, 3.8) is 0 Å². The van der Waals surface area contributed by atoms with Crippen LogP contribution in [0.15, 0.2) is 24.6 Å². The second kappa shape index (κ2) is 4.32. The zero-order valence-corrected chi connectivity index (χ0v) is 11.7. The molecule has 0 atom stereocenters. The Morgan fingerprint density at radius 1 is 1.39 bits per heavy atom. The zero-order valence-electron chi connectivity index (χ0n) is 11.7. The van der Waals surface area contributed by atoms with Crippen molar-refractivity contribution in [3.8, 4) is 0 Å². The maximum Gasteiger partial charge on any atom is 0.565 e. The fourth-order valence-electron chi connectivity index (χ4n) is 1.88. The molecule has 4 nitrogen and oxygen atoms in total.